The van der Waals surface area contributed by atoms with Gasteiger partial charge in [0, 0.05) is 37.2 Å². The molecule has 0 aliphatic carbocycles. The van der Waals surface area contributed by atoms with Crippen molar-refractivity contribution in [2.75, 3.05) is 26.7 Å². The summed E-state index contributed by atoms with van der Waals surface area (Å²) < 4.78 is 5.74. The van der Waals surface area contributed by atoms with E-state index in [0.29, 0.717) is 6.10 Å². The summed E-state index contributed by atoms with van der Waals surface area (Å²) in [7, 11) is 1.85. The largest absolute Gasteiger partial charge is 0.378 e. The van der Waals surface area contributed by atoms with Gasteiger partial charge in [-0.1, -0.05) is 30.3 Å². The van der Waals surface area contributed by atoms with Gasteiger partial charge in [-0.2, -0.15) is 0 Å². The number of piperidine rings is 1. The first-order valence-electron chi connectivity index (χ1n) is 9.30. The van der Waals surface area contributed by atoms with E-state index in [-0.39, 0.29) is 24.0 Å². The summed E-state index contributed by atoms with van der Waals surface area (Å²) in [6, 6.07) is 10.4. The Labute approximate surface area is 183 Å². The molecule has 0 unspecified atom stereocenters. The Morgan fingerprint density at radius 2 is 2.00 bits per heavy atom. The summed E-state index contributed by atoms with van der Waals surface area (Å²) in [6.07, 6.45) is 2.52. The lowest BCUT2D eigenvalue weighted by Gasteiger charge is -2.34. The molecular weight excluding hydrogens is 471 g/mol. The fraction of sp³-hybridized carbons (Fsp3) is 0.500. The molecule has 27 heavy (non-hydrogen) atoms. The standard InChI is InChI=1S/C20H28N4OS.HI/c1-4-25-17-10-12-24(13-11-17)20(21-3)22-14-18-15(2)23-19(26-18)16-8-6-5-7-9-16;/h5-9,17H,4,10-14H2,1-3H3,(H,21,22);1H. The predicted molar refractivity (Wildman–Crippen MR) is 124 cm³/mol. The average Bonchev–Trinajstić information content (AvgIpc) is 3.05. The highest BCUT2D eigenvalue weighted by atomic mass is 127. The van der Waals surface area contributed by atoms with Crippen LogP contribution in [0.25, 0.3) is 10.6 Å². The van der Waals surface area contributed by atoms with Gasteiger partial charge in [0.15, 0.2) is 5.96 Å². The predicted octanol–water partition coefficient (Wildman–Crippen LogP) is 4.31. The van der Waals surface area contributed by atoms with Crippen molar-refractivity contribution in [1.29, 1.82) is 0 Å². The van der Waals surface area contributed by atoms with Crippen LogP contribution in [0, 0.1) is 6.92 Å². The third-order valence-corrected chi connectivity index (χ3v) is 5.88. The van der Waals surface area contributed by atoms with Gasteiger partial charge in [0.05, 0.1) is 18.3 Å². The minimum absolute atomic E-state index is 0. The van der Waals surface area contributed by atoms with Crippen molar-refractivity contribution in [2.24, 2.45) is 4.99 Å². The molecule has 148 valence electrons. The van der Waals surface area contributed by atoms with Crippen LogP contribution in [-0.4, -0.2) is 48.7 Å². The summed E-state index contributed by atoms with van der Waals surface area (Å²) in [6.45, 7) is 7.67. The van der Waals surface area contributed by atoms with Crippen LogP contribution in [0.15, 0.2) is 35.3 Å². The zero-order valence-corrected chi connectivity index (χ0v) is 19.4. The Morgan fingerprint density at radius 1 is 1.30 bits per heavy atom. The molecule has 2 aromatic rings. The molecule has 1 N–H and O–H groups in total. The van der Waals surface area contributed by atoms with Crippen LogP contribution in [0.3, 0.4) is 0 Å². The molecule has 0 radical (unpaired) electrons. The Morgan fingerprint density at radius 3 is 2.63 bits per heavy atom. The summed E-state index contributed by atoms with van der Waals surface area (Å²) in [5.41, 5.74) is 2.26. The first-order valence-corrected chi connectivity index (χ1v) is 10.1. The molecule has 5 nitrogen and oxygen atoms in total. The minimum atomic E-state index is 0. The van der Waals surface area contributed by atoms with Gasteiger partial charge < -0.3 is 15.0 Å². The molecule has 1 aliphatic rings. The Bertz CT molecular complexity index is 727. The van der Waals surface area contributed by atoms with E-state index in [0.717, 1.165) is 55.7 Å². The quantitative estimate of drug-likeness (QED) is 0.378. The van der Waals surface area contributed by atoms with E-state index in [9.17, 15) is 0 Å². The van der Waals surface area contributed by atoms with Gasteiger partial charge in [-0.25, -0.2) is 4.98 Å². The Hall–Kier alpha value is -1.19. The molecule has 1 fully saturated rings. The first-order chi connectivity index (χ1) is 12.7. The van der Waals surface area contributed by atoms with Crippen molar-refractivity contribution >= 4 is 41.3 Å². The van der Waals surface area contributed by atoms with Crippen molar-refractivity contribution in [2.45, 2.75) is 39.3 Å². The third kappa shape index (κ3) is 5.89. The van der Waals surface area contributed by atoms with E-state index in [1.807, 2.05) is 13.1 Å². The molecule has 1 saturated heterocycles. The van der Waals surface area contributed by atoms with Gasteiger partial charge in [-0.05, 0) is 26.7 Å². The molecule has 1 aromatic carbocycles. The van der Waals surface area contributed by atoms with Crippen LogP contribution in [0.5, 0.6) is 0 Å². The fourth-order valence-electron chi connectivity index (χ4n) is 3.26. The summed E-state index contributed by atoms with van der Waals surface area (Å²) in [5.74, 6) is 0.967. The second-order valence-corrected chi connectivity index (χ2v) is 7.52. The number of rotatable bonds is 5. The molecule has 1 aromatic heterocycles. The first kappa shape index (κ1) is 22.1. The van der Waals surface area contributed by atoms with Crippen LogP contribution in [-0.2, 0) is 11.3 Å². The topological polar surface area (TPSA) is 49.8 Å². The Kier molecular flexibility index (Phi) is 8.98. The number of hydrogen-bond acceptors (Lipinski definition) is 4. The lowest BCUT2D eigenvalue weighted by atomic mass is 10.1. The van der Waals surface area contributed by atoms with Crippen molar-refractivity contribution in [1.82, 2.24) is 15.2 Å². The molecule has 3 rings (SSSR count). The monoisotopic (exact) mass is 500 g/mol. The zero-order chi connectivity index (χ0) is 18.4. The number of hydrogen-bond donors (Lipinski definition) is 1. The van der Waals surface area contributed by atoms with Crippen molar-refractivity contribution in [3.8, 4) is 10.6 Å². The minimum Gasteiger partial charge on any atom is -0.378 e. The number of thiazole rings is 1. The second-order valence-electron chi connectivity index (χ2n) is 6.44. The van der Waals surface area contributed by atoms with Gasteiger partial charge in [0.2, 0.25) is 0 Å². The fourth-order valence-corrected chi connectivity index (χ4v) is 4.27. The number of benzene rings is 1. The lowest BCUT2D eigenvalue weighted by Crippen LogP contribution is -2.46. The van der Waals surface area contributed by atoms with E-state index in [1.165, 1.54) is 10.4 Å². The number of aromatic nitrogens is 1. The normalized spacial score (nSPS) is 15.5. The van der Waals surface area contributed by atoms with E-state index < -0.39 is 0 Å². The number of ether oxygens (including phenoxy) is 1. The highest BCUT2D eigenvalue weighted by molar-refractivity contribution is 14.0. The summed E-state index contributed by atoms with van der Waals surface area (Å²) in [5, 5.41) is 4.59. The molecule has 7 heteroatoms. The number of aliphatic imine (C=N–C) groups is 1. The maximum absolute atomic E-state index is 5.74. The number of aryl methyl sites for hydroxylation is 1. The maximum Gasteiger partial charge on any atom is 0.193 e. The number of guanidine groups is 1. The van der Waals surface area contributed by atoms with E-state index in [2.05, 4.69) is 53.3 Å². The average molecular weight is 500 g/mol. The van der Waals surface area contributed by atoms with Crippen molar-refractivity contribution in [3.05, 3.63) is 40.9 Å². The van der Waals surface area contributed by atoms with E-state index in [1.54, 1.807) is 11.3 Å². The van der Waals surface area contributed by atoms with Gasteiger partial charge >= 0.3 is 0 Å². The zero-order valence-electron chi connectivity index (χ0n) is 16.3. The molecule has 0 bridgehead atoms. The molecular formula is C20H29IN4OS. The molecule has 2 heterocycles. The van der Waals surface area contributed by atoms with E-state index >= 15 is 0 Å². The third-order valence-electron chi connectivity index (χ3n) is 4.68. The highest BCUT2D eigenvalue weighted by Crippen LogP contribution is 2.27. The summed E-state index contributed by atoms with van der Waals surface area (Å²) >= 11 is 1.75. The SMILES string of the molecule is CCOC1CCN(C(=NC)NCc2sc(-c3ccccc3)nc2C)CC1.I. The summed E-state index contributed by atoms with van der Waals surface area (Å²) in [4.78, 5) is 12.8. The Balaban J connectivity index is 0.00000261. The van der Waals surface area contributed by atoms with Gasteiger partial charge in [0.1, 0.15) is 5.01 Å². The lowest BCUT2D eigenvalue weighted by molar-refractivity contribution is 0.0263. The number of nitrogens with one attached hydrogen (secondary N) is 1. The number of halogens is 1. The highest BCUT2D eigenvalue weighted by Gasteiger charge is 2.21. The molecule has 1 aliphatic heterocycles. The van der Waals surface area contributed by atoms with Crippen molar-refractivity contribution < 1.29 is 4.74 Å². The van der Waals surface area contributed by atoms with Crippen LogP contribution >= 0.6 is 35.3 Å². The second kappa shape index (κ2) is 11.0. The molecule has 0 amide bonds. The van der Waals surface area contributed by atoms with Crippen LogP contribution in [0.1, 0.15) is 30.3 Å². The van der Waals surface area contributed by atoms with Crippen LogP contribution < -0.4 is 5.32 Å². The van der Waals surface area contributed by atoms with Gasteiger partial charge in [-0.15, -0.1) is 35.3 Å². The van der Waals surface area contributed by atoms with Crippen LogP contribution in [0.4, 0.5) is 0 Å². The molecule has 0 saturated carbocycles. The van der Waals surface area contributed by atoms with E-state index in [4.69, 9.17) is 9.72 Å². The molecule has 0 atom stereocenters. The molecule has 0 spiro atoms. The number of nitrogens with zero attached hydrogens (tertiary/aromatic N) is 3. The van der Waals surface area contributed by atoms with Gasteiger partial charge in [0.25, 0.3) is 0 Å². The maximum atomic E-state index is 5.74. The number of likely N-dealkylation sites (tertiary alicyclic amines) is 1. The van der Waals surface area contributed by atoms with Crippen LogP contribution in [0.2, 0.25) is 0 Å². The smallest absolute Gasteiger partial charge is 0.193 e. The van der Waals surface area contributed by atoms with Gasteiger partial charge in [-0.3, -0.25) is 4.99 Å². The van der Waals surface area contributed by atoms with Crippen molar-refractivity contribution in [3.63, 3.8) is 0 Å².